The molecule has 8 nitrogen and oxygen atoms in total. The van der Waals surface area contributed by atoms with Gasteiger partial charge in [0, 0.05) is 13.0 Å². The molecule has 3 N–H and O–H groups in total. The summed E-state index contributed by atoms with van der Waals surface area (Å²) in [7, 11) is 0. The number of rotatable bonds is 10. The van der Waals surface area contributed by atoms with Crippen LogP contribution in [0.4, 0.5) is 4.79 Å². The molecule has 3 rings (SSSR count). The molecule has 39 heavy (non-hydrogen) atoms. The lowest BCUT2D eigenvalue weighted by atomic mass is 9.96. The third-order valence-electron chi connectivity index (χ3n) is 6.04. The van der Waals surface area contributed by atoms with E-state index in [-0.39, 0.29) is 25.4 Å². The van der Waals surface area contributed by atoms with Crippen LogP contribution in [-0.2, 0) is 20.7 Å². The molecule has 1 unspecified atom stereocenters. The number of carbonyl (C=O) groups excluding carboxylic acids is 2. The molecule has 0 saturated heterocycles. The summed E-state index contributed by atoms with van der Waals surface area (Å²) >= 11 is 0. The number of carboxylic acid groups (broad SMARTS) is 1. The number of benzene rings is 3. The number of carboxylic acids is 1. The number of aliphatic carboxylic acids is 1. The Kier molecular flexibility index (Phi) is 9.70. The fourth-order valence-electron chi connectivity index (χ4n) is 4.31. The maximum Gasteiger partial charge on any atom is 0.337 e. The van der Waals surface area contributed by atoms with E-state index in [1.165, 1.54) is 4.90 Å². The van der Waals surface area contributed by atoms with Crippen LogP contribution in [0, 0.1) is 5.92 Å². The van der Waals surface area contributed by atoms with Crippen LogP contribution in [0.3, 0.4) is 0 Å². The van der Waals surface area contributed by atoms with Crippen molar-refractivity contribution >= 4 is 28.7 Å². The average molecular weight is 535 g/mol. The number of esters is 1. The van der Waals surface area contributed by atoms with Gasteiger partial charge < -0.3 is 25.2 Å². The molecule has 2 atom stereocenters. The van der Waals surface area contributed by atoms with Crippen LogP contribution in [0.1, 0.15) is 40.2 Å². The van der Waals surface area contributed by atoms with Gasteiger partial charge in [-0.05, 0) is 54.2 Å². The second-order valence-electron chi connectivity index (χ2n) is 11.1. The van der Waals surface area contributed by atoms with Crippen molar-refractivity contribution in [3.05, 3.63) is 72.3 Å². The van der Waals surface area contributed by atoms with Crippen molar-refractivity contribution in [3.8, 4) is 11.1 Å². The molecule has 3 aromatic carbocycles. The van der Waals surface area contributed by atoms with E-state index >= 15 is 0 Å². The molecule has 0 fully saturated rings. The normalized spacial score (nSPS) is 13.1. The van der Waals surface area contributed by atoms with E-state index in [0.717, 1.165) is 27.5 Å². The van der Waals surface area contributed by atoms with Crippen LogP contribution in [0.25, 0.3) is 21.9 Å². The lowest BCUT2D eigenvalue weighted by Crippen LogP contribution is -2.52. The first-order chi connectivity index (χ1) is 18.3. The van der Waals surface area contributed by atoms with Crippen LogP contribution < -0.4 is 5.32 Å². The van der Waals surface area contributed by atoms with E-state index in [9.17, 15) is 24.6 Å². The maximum atomic E-state index is 13.1. The quantitative estimate of drug-likeness (QED) is 0.320. The Bertz CT molecular complexity index is 1290. The second-order valence-corrected chi connectivity index (χ2v) is 11.1. The lowest BCUT2D eigenvalue weighted by molar-refractivity contribution is -0.165. The number of hydrogen-bond donors (Lipinski definition) is 3. The SMILES string of the molecule is CC(C)CN(CC(O)C(=O)OC(C)(C)C)C(=O)N[C@@H](Cc1ccc(-c2cccc3ccccc23)cc1)C(=O)O. The van der Waals surface area contributed by atoms with Crippen LogP contribution in [0.5, 0.6) is 0 Å². The number of amides is 2. The number of hydrogen-bond acceptors (Lipinski definition) is 5. The van der Waals surface area contributed by atoms with Crippen molar-refractivity contribution in [2.75, 3.05) is 13.1 Å². The van der Waals surface area contributed by atoms with Crippen molar-refractivity contribution in [1.29, 1.82) is 0 Å². The molecule has 0 saturated carbocycles. The summed E-state index contributed by atoms with van der Waals surface area (Å²) in [5.74, 6) is -2.00. The van der Waals surface area contributed by atoms with Gasteiger partial charge in [0.25, 0.3) is 0 Å². The maximum absolute atomic E-state index is 13.1. The number of ether oxygens (including phenoxy) is 1. The molecule has 2 amide bonds. The second kappa shape index (κ2) is 12.8. The highest BCUT2D eigenvalue weighted by atomic mass is 16.6. The molecule has 0 aromatic heterocycles. The number of nitrogens with one attached hydrogen (secondary N) is 1. The minimum Gasteiger partial charge on any atom is -0.480 e. The molecular formula is C31H38N2O6. The predicted octanol–water partition coefficient (Wildman–Crippen LogP) is 4.87. The topological polar surface area (TPSA) is 116 Å². The van der Waals surface area contributed by atoms with Crippen molar-refractivity contribution in [2.24, 2.45) is 5.92 Å². The zero-order valence-corrected chi connectivity index (χ0v) is 23.2. The van der Waals surface area contributed by atoms with Gasteiger partial charge in [0.15, 0.2) is 6.10 Å². The molecule has 0 spiro atoms. The van der Waals surface area contributed by atoms with E-state index < -0.39 is 35.7 Å². The highest BCUT2D eigenvalue weighted by Gasteiger charge is 2.29. The molecule has 0 aliphatic carbocycles. The summed E-state index contributed by atoms with van der Waals surface area (Å²) in [6.07, 6.45) is -1.49. The summed E-state index contributed by atoms with van der Waals surface area (Å²) in [5.41, 5.74) is 2.04. The van der Waals surface area contributed by atoms with Crippen molar-refractivity contribution in [3.63, 3.8) is 0 Å². The van der Waals surface area contributed by atoms with E-state index in [1.54, 1.807) is 20.8 Å². The molecule has 0 aliphatic rings. The zero-order valence-electron chi connectivity index (χ0n) is 23.2. The molecule has 0 heterocycles. The van der Waals surface area contributed by atoms with Gasteiger partial charge in [-0.3, -0.25) is 0 Å². The molecule has 0 radical (unpaired) electrons. The summed E-state index contributed by atoms with van der Waals surface area (Å²) in [6, 6.07) is 20.0. The summed E-state index contributed by atoms with van der Waals surface area (Å²) in [4.78, 5) is 38.6. The minimum absolute atomic E-state index is 0.0199. The fraction of sp³-hybridized carbons (Fsp3) is 0.387. The standard InChI is InChI=1S/C31H38N2O6/c1-20(2)18-33(19-27(34)29(37)39-31(3,4)5)30(38)32-26(28(35)36)17-21-13-15-23(16-14-21)25-12-8-10-22-9-6-7-11-24(22)25/h6-16,20,26-27,34H,17-19H2,1-5H3,(H,32,38)(H,35,36)/t26-,27?/m0/s1. The van der Waals surface area contributed by atoms with Gasteiger partial charge in [0.1, 0.15) is 11.6 Å². The van der Waals surface area contributed by atoms with Gasteiger partial charge in [0.05, 0.1) is 6.54 Å². The number of urea groups is 1. The number of nitrogens with zero attached hydrogens (tertiary/aromatic N) is 1. The van der Waals surface area contributed by atoms with Gasteiger partial charge >= 0.3 is 18.0 Å². The van der Waals surface area contributed by atoms with Crippen molar-refractivity contribution in [1.82, 2.24) is 10.2 Å². The van der Waals surface area contributed by atoms with Crippen molar-refractivity contribution in [2.45, 2.75) is 58.8 Å². The van der Waals surface area contributed by atoms with Gasteiger partial charge in [-0.1, -0.05) is 80.6 Å². The van der Waals surface area contributed by atoms with Crippen LogP contribution >= 0.6 is 0 Å². The van der Waals surface area contributed by atoms with Crippen LogP contribution in [-0.4, -0.2) is 63.9 Å². The van der Waals surface area contributed by atoms with E-state index in [0.29, 0.717) is 0 Å². The zero-order chi connectivity index (χ0) is 28.7. The lowest BCUT2D eigenvalue weighted by Gasteiger charge is -2.29. The van der Waals surface area contributed by atoms with Crippen LogP contribution in [0.2, 0.25) is 0 Å². The smallest absolute Gasteiger partial charge is 0.337 e. The Balaban J connectivity index is 1.72. The predicted molar refractivity (Wildman–Crippen MR) is 151 cm³/mol. The Morgan fingerprint density at radius 1 is 0.923 bits per heavy atom. The highest BCUT2D eigenvalue weighted by Crippen LogP contribution is 2.28. The third-order valence-corrected chi connectivity index (χ3v) is 6.04. The Labute approximate surface area is 229 Å². The van der Waals surface area contributed by atoms with E-state index in [2.05, 4.69) is 23.5 Å². The fourth-order valence-corrected chi connectivity index (χ4v) is 4.31. The molecule has 208 valence electrons. The van der Waals surface area contributed by atoms with Gasteiger partial charge in [-0.25, -0.2) is 14.4 Å². The van der Waals surface area contributed by atoms with Crippen LogP contribution in [0.15, 0.2) is 66.7 Å². The van der Waals surface area contributed by atoms with Crippen molar-refractivity contribution < 1.29 is 29.3 Å². The molecule has 0 bridgehead atoms. The third kappa shape index (κ3) is 8.55. The van der Waals surface area contributed by atoms with E-state index in [4.69, 9.17) is 4.74 Å². The molecule has 8 heteroatoms. The summed E-state index contributed by atoms with van der Waals surface area (Å²) < 4.78 is 5.21. The van der Waals surface area contributed by atoms with E-state index in [1.807, 2.05) is 62.4 Å². The molecule has 3 aromatic rings. The highest BCUT2D eigenvalue weighted by molar-refractivity contribution is 5.96. The first-order valence-corrected chi connectivity index (χ1v) is 13.1. The first-order valence-electron chi connectivity index (χ1n) is 13.1. The first kappa shape index (κ1) is 29.6. The Morgan fingerprint density at radius 2 is 1.56 bits per heavy atom. The average Bonchev–Trinajstić information content (AvgIpc) is 2.86. The minimum atomic E-state index is -1.56. The Hall–Kier alpha value is -3.91. The monoisotopic (exact) mass is 534 g/mol. The number of fused-ring (bicyclic) bond motifs is 1. The van der Waals surface area contributed by atoms with Gasteiger partial charge in [0.2, 0.25) is 0 Å². The molecular weight excluding hydrogens is 496 g/mol. The van der Waals surface area contributed by atoms with Gasteiger partial charge in [-0.15, -0.1) is 0 Å². The largest absolute Gasteiger partial charge is 0.480 e. The number of carbonyl (C=O) groups is 3. The number of aliphatic hydroxyl groups excluding tert-OH is 1. The number of aliphatic hydroxyl groups is 1. The molecule has 0 aliphatic heterocycles. The summed E-state index contributed by atoms with van der Waals surface area (Å²) in [5, 5.41) is 25.0. The van der Waals surface area contributed by atoms with Gasteiger partial charge in [-0.2, -0.15) is 0 Å². The summed E-state index contributed by atoms with van der Waals surface area (Å²) in [6.45, 7) is 8.72. The Morgan fingerprint density at radius 3 is 2.18 bits per heavy atom.